The van der Waals surface area contributed by atoms with Crippen molar-refractivity contribution >= 4 is 29.0 Å². The van der Waals surface area contributed by atoms with Crippen LogP contribution in [0.15, 0.2) is 55.0 Å². The minimum absolute atomic E-state index is 0.184. The van der Waals surface area contributed by atoms with Crippen molar-refractivity contribution in [2.45, 2.75) is 13.5 Å². The largest absolute Gasteiger partial charge is 0.495 e. The van der Waals surface area contributed by atoms with E-state index in [1.165, 1.54) is 0 Å². The number of ether oxygens (including phenoxy) is 1. The standard InChI is InChI=1S/C20H19ClN4O2/c1-13-9-17(18(27-2)11-16(13)21)25-19-10-15(5-8-23-19)20(26)24-12-14-3-6-22-7-4-14/h3-11H,12H2,1-2H3,(H,23,25)(H,24,26). The fourth-order valence-corrected chi connectivity index (χ4v) is 2.65. The van der Waals surface area contributed by atoms with Crippen LogP contribution in [-0.4, -0.2) is 23.0 Å². The summed E-state index contributed by atoms with van der Waals surface area (Å²) < 4.78 is 5.36. The maximum atomic E-state index is 12.4. The molecule has 3 aromatic rings. The first-order chi connectivity index (χ1) is 13.1. The molecule has 0 atom stereocenters. The van der Waals surface area contributed by atoms with Gasteiger partial charge in [0.25, 0.3) is 5.91 Å². The first kappa shape index (κ1) is 18.7. The molecule has 0 unspecified atom stereocenters. The summed E-state index contributed by atoms with van der Waals surface area (Å²) in [5.41, 5.74) is 3.12. The fourth-order valence-electron chi connectivity index (χ4n) is 2.49. The minimum atomic E-state index is -0.184. The summed E-state index contributed by atoms with van der Waals surface area (Å²) in [6, 6.07) is 10.7. The van der Waals surface area contributed by atoms with Gasteiger partial charge in [-0.05, 0) is 48.4 Å². The molecule has 7 heteroatoms. The Morgan fingerprint density at radius 3 is 2.67 bits per heavy atom. The predicted octanol–water partition coefficient (Wildman–Crippen LogP) is 4.12. The summed E-state index contributed by atoms with van der Waals surface area (Å²) in [5.74, 6) is 0.947. The molecule has 0 bridgehead atoms. The third kappa shape index (κ3) is 4.74. The zero-order valence-electron chi connectivity index (χ0n) is 15.0. The maximum absolute atomic E-state index is 12.4. The van der Waals surface area contributed by atoms with Crippen LogP contribution >= 0.6 is 11.6 Å². The van der Waals surface area contributed by atoms with E-state index in [-0.39, 0.29) is 5.91 Å². The highest BCUT2D eigenvalue weighted by Gasteiger charge is 2.10. The number of nitrogens with one attached hydrogen (secondary N) is 2. The Bertz CT molecular complexity index is 948. The monoisotopic (exact) mass is 382 g/mol. The number of anilines is 2. The first-order valence-corrected chi connectivity index (χ1v) is 8.69. The Labute approximate surface area is 162 Å². The van der Waals surface area contributed by atoms with Crippen molar-refractivity contribution in [2.75, 3.05) is 12.4 Å². The van der Waals surface area contributed by atoms with Crippen molar-refractivity contribution in [1.82, 2.24) is 15.3 Å². The SMILES string of the molecule is COc1cc(Cl)c(C)cc1Nc1cc(C(=O)NCc2ccncc2)ccn1. The van der Waals surface area contributed by atoms with Crippen molar-refractivity contribution in [3.63, 3.8) is 0 Å². The van der Waals surface area contributed by atoms with Crippen molar-refractivity contribution in [2.24, 2.45) is 0 Å². The van der Waals surface area contributed by atoms with Crippen LogP contribution in [-0.2, 0) is 6.54 Å². The molecule has 6 nitrogen and oxygen atoms in total. The maximum Gasteiger partial charge on any atom is 0.251 e. The number of hydrogen-bond acceptors (Lipinski definition) is 5. The highest BCUT2D eigenvalue weighted by Crippen LogP contribution is 2.32. The van der Waals surface area contributed by atoms with Gasteiger partial charge < -0.3 is 15.4 Å². The second-order valence-corrected chi connectivity index (χ2v) is 6.30. The number of pyridine rings is 2. The Hall–Kier alpha value is -3.12. The van der Waals surface area contributed by atoms with Crippen molar-refractivity contribution in [3.05, 3.63) is 76.7 Å². The number of carbonyl (C=O) groups is 1. The number of aryl methyl sites for hydroxylation is 1. The van der Waals surface area contributed by atoms with E-state index < -0.39 is 0 Å². The molecule has 0 saturated heterocycles. The molecule has 2 aromatic heterocycles. The van der Waals surface area contributed by atoms with Gasteiger partial charge in [0.05, 0.1) is 12.8 Å². The van der Waals surface area contributed by atoms with E-state index in [0.29, 0.717) is 28.7 Å². The number of benzene rings is 1. The number of halogens is 1. The zero-order chi connectivity index (χ0) is 19.2. The second kappa shape index (κ2) is 8.51. The van der Waals surface area contributed by atoms with Crippen molar-refractivity contribution < 1.29 is 9.53 Å². The fraction of sp³-hybridized carbons (Fsp3) is 0.150. The number of nitrogens with zero attached hydrogens (tertiary/aromatic N) is 2. The molecule has 2 N–H and O–H groups in total. The average molecular weight is 383 g/mol. The normalized spacial score (nSPS) is 10.3. The van der Waals surface area contributed by atoms with Gasteiger partial charge in [0.15, 0.2) is 0 Å². The second-order valence-electron chi connectivity index (χ2n) is 5.89. The van der Waals surface area contributed by atoms with Crippen LogP contribution in [0.1, 0.15) is 21.5 Å². The van der Waals surface area contributed by atoms with Gasteiger partial charge in [-0.25, -0.2) is 4.98 Å². The molecule has 0 aliphatic carbocycles. The summed E-state index contributed by atoms with van der Waals surface area (Å²) in [7, 11) is 1.57. The van der Waals surface area contributed by atoms with Crippen LogP contribution in [0.4, 0.5) is 11.5 Å². The number of amides is 1. The van der Waals surface area contributed by atoms with E-state index >= 15 is 0 Å². The highest BCUT2D eigenvalue weighted by atomic mass is 35.5. The topological polar surface area (TPSA) is 76.1 Å². The van der Waals surface area contributed by atoms with E-state index in [1.807, 2.05) is 25.1 Å². The Morgan fingerprint density at radius 1 is 1.15 bits per heavy atom. The van der Waals surface area contributed by atoms with Gasteiger partial charge in [-0.1, -0.05) is 11.6 Å². The van der Waals surface area contributed by atoms with Gasteiger partial charge in [0.1, 0.15) is 11.6 Å². The van der Waals surface area contributed by atoms with Crippen molar-refractivity contribution in [3.8, 4) is 5.75 Å². The lowest BCUT2D eigenvalue weighted by atomic mass is 10.2. The van der Waals surface area contributed by atoms with Gasteiger partial charge in [0, 0.05) is 41.8 Å². The summed E-state index contributed by atoms with van der Waals surface area (Å²) >= 11 is 6.14. The highest BCUT2D eigenvalue weighted by molar-refractivity contribution is 6.31. The van der Waals surface area contributed by atoms with E-state index in [1.54, 1.807) is 43.9 Å². The lowest BCUT2D eigenvalue weighted by Gasteiger charge is -2.13. The Balaban J connectivity index is 1.74. The van der Waals surface area contributed by atoms with E-state index in [9.17, 15) is 4.79 Å². The summed E-state index contributed by atoms with van der Waals surface area (Å²) in [6.07, 6.45) is 4.97. The van der Waals surface area contributed by atoms with Crippen LogP contribution in [0.3, 0.4) is 0 Å². The van der Waals surface area contributed by atoms with Crippen LogP contribution < -0.4 is 15.4 Å². The van der Waals surface area contributed by atoms with Gasteiger partial charge in [0.2, 0.25) is 0 Å². The molecule has 1 aromatic carbocycles. The molecule has 0 radical (unpaired) electrons. The van der Waals surface area contributed by atoms with Crippen LogP contribution in [0.2, 0.25) is 5.02 Å². The zero-order valence-corrected chi connectivity index (χ0v) is 15.7. The molecule has 0 saturated carbocycles. The molecule has 2 heterocycles. The van der Waals surface area contributed by atoms with Gasteiger partial charge >= 0.3 is 0 Å². The number of rotatable bonds is 6. The van der Waals surface area contributed by atoms with Crippen LogP contribution in [0.5, 0.6) is 5.75 Å². The van der Waals surface area contributed by atoms with E-state index in [4.69, 9.17) is 16.3 Å². The molecule has 27 heavy (non-hydrogen) atoms. The summed E-state index contributed by atoms with van der Waals surface area (Å²) in [6.45, 7) is 2.33. The smallest absolute Gasteiger partial charge is 0.251 e. The van der Waals surface area contributed by atoms with E-state index in [0.717, 1.165) is 16.8 Å². The van der Waals surface area contributed by atoms with Crippen LogP contribution in [0, 0.1) is 6.92 Å². The van der Waals surface area contributed by atoms with E-state index in [2.05, 4.69) is 20.6 Å². The molecular weight excluding hydrogens is 364 g/mol. The summed E-state index contributed by atoms with van der Waals surface area (Å²) in [5, 5.41) is 6.68. The van der Waals surface area contributed by atoms with Gasteiger partial charge in [-0.15, -0.1) is 0 Å². The minimum Gasteiger partial charge on any atom is -0.495 e. The lowest BCUT2D eigenvalue weighted by molar-refractivity contribution is 0.0951. The summed E-state index contributed by atoms with van der Waals surface area (Å²) in [4.78, 5) is 20.7. The Kier molecular flexibility index (Phi) is 5.88. The number of methoxy groups -OCH3 is 1. The molecule has 0 fully saturated rings. The third-order valence-electron chi connectivity index (χ3n) is 3.97. The molecule has 1 amide bonds. The van der Waals surface area contributed by atoms with Crippen molar-refractivity contribution in [1.29, 1.82) is 0 Å². The van der Waals surface area contributed by atoms with Crippen LogP contribution in [0.25, 0.3) is 0 Å². The molecule has 3 rings (SSSR count). The van der Waals surface area contributed by atoms with Gasteiger partial charge in [-0.3, -0.25) is 9.78 Å². The Morgan fingerprint density at radius 2 is 1.93 bits per heavy atom. The first-order valence-electron chi connectivity index (χ1n) is 8.31. The average Bonchev–Trinajstić information content (AvgIpc) is 2.69. The molecule has 0 spiro atoms. The third-order valence-corrected chi connectivity index (χ3v) is 4.38. The number of hydrogen-bond donors (Lipinski definition) is 2. The predicted molar refractivity (Wildman–Crippen MR) is 106 cm³/mol. The molecule has 0 aliphatic rings. The number of aromatic nitrogens is 2. The number of carbonyl (C=O) groups excluding carboxylic acids is 1. The molecule has 0 aliphatic heterocycles. The quantitative estimate of drug-likeness (QED) is 0.670. The lowest BCUT2D eigenvalue weighted by Crippen LogP contribution is -2.22. The van der Waals surface area contributed by atoms with Gasteiger partial charge in [-0.2, -0.15) is 0 Å². The molecule has 138 valence electrons. The molecular formula is C20H19ClN4O2.